The van der Waals surface area contributed by atoms with Gasteiger partial charge in [-0.2, -0.15) is 0 Å². The van der Waals surface area contributed by atoms with Crippen LogP contribution in [0.15, 0.2) is 60.4 Å². The molecular formula is C25H28N4O2. The molecule has 160 valence electrons. The molecule has 3 aliphatic rings. The summed E-state index contributed by atoms with van der Waals surface area (Å²) in [6, 6.07) is 15.6. The lowest BCUT2D eigenvalue weighted by Gasteiger charge is -2.37. The van der Waals surface area contributed by atoms with Crippen LogP contribution in [0.4, 0.5) is 5.82 Å². The van der Waals surface area contributed by atoms with Crippen molar-refractivity contribution >= 4 is 23.2 Å². The van der Waals surface area contributed by atoms with Crippen LogP contribution in [-0.4, -0.2) is 58.8 Å². The number of amides is 2. The lowest BCUT2D eigenvalue weighted by atomic mass is 9.94. The van der Waals surface area contributed by atoms with E-state index in [1.807, 2.05) is 48.5 Å². The molecule has 6 heteroatoms. The molecule has 2 aromatic rings. The van der Waals surface area contributed by atoms with Crippen molar-refractivity contribution in [1.82, 2.24) is 14.8 Å². The minimum absolute atomic E-state index is 0.0276. The van der Waals surface area contributed by atoms with E-state index in [1.165, 1.54) is 6.42 Å². The van der Waals surface area contributed by atoms with Crippen molar-refractivity contribution in [2.45, 2.75) is 38.1 Å². The maximum absolute atomic E-state index is 13.6. The largest absolute Gasteiger partial charge is 0.363 e. The van der Waals surface area contributed by atoms with Gasteiger partial charge in [-0.05, 0) is 30.5 Å². The van der Waals surface area contributed by atoms with Crippen LogP contribution in [0.2, 0.25) is 0 Å². The molecule has 1 saturated carbocycles. The number of hydrogen-bond donors (Lipinski definition) is 0. The first-order valence-electron chi connectivity index (χ1n) is 11.3. The fraction of sp³-hybridized carbons (Fsp3) is 0.400. The number of imide groups is 1. The molecule has 0 radical (unpaired) electrons. The van der Waals surface area contributed by atoms with Crippen molar-refractivity contribution in [3.05, 3.63) is 66.0 Å². The van der Waals surface area contributed by atoms with Gasteiger partial charge in [-0.3, -0.25) is 14.5 Å². The second-order valence-electron chi connectivity index (χ2n) is 8.52. The maximum atomic E-state index is 13.6. The molecule has 2 amide bonds. The highest BCUT2D eigenvalue weighted by molar-refractivity contribution is 6.35. The summed E-state index contributed by atoms with van der Waals surface area (Å²) in [5.41, 5.74) is 1.99. The minimum atomic E-state index is -0.120. The van der Waals surface area contributed by atoms with Crippen LogP contribution in [0.5, 0.6) is 0 Å². The third-order valence-corrected chi connectivity index (χ3v) is 6.66. The third kappa shape index (κ3) is 3.71. The SMILES string of the molecule is O=C1C(c2ccccc2)=C(N2CCN(c3ccccn3)CC2)C(=O)N1C1CCCCC1. The van der Waals surface area contributed by atoms with Gasteiger partial charge in [0.15, 0.2) is 0 Å². The van der Waals surface area contributed by atoms with Crippen molar-refractivity contribution in [3.63, 3.8) is 0 Å². The summed E-state index contributed by atoms with van der Waals surface area (Å²) in [6.45, 7) is 2.93. The van der Waals surface area contributed by atoms with Gasteiger partial charge in [0.1, 0.15) is 11.5 Å². The number of nitrogens with zero attached hydrogens (tertiary/aromatic N) is 4. The van der Waals surface area contributed by atoms with Gasteiger partial charge < -0.3 is 9.80 Å². The molecular weight excluding hydrogens is 388 g/mol. The Kier molecular flexibility index (Phi) is 5.45. The zero-order valence-corrected chi connectivity index (χ0v) is 17.7. The van der Waals surface area contributed by atoms with E-state index < -0.39 is 0 Å². The Balaban J connectivity index is 1.44. The summed E-state index contributed by atoms with van der Waals surface area (Å²) in [7, 11) is 0. The lowest BCUT2D eigenvalue weighted by molar-refractivity contribution is -0.141. The number of anilines is 1. The zero-order valence-electron chi connectivity index (χ0n) is 17.7. The van der Waals surface area contributed by atoms with Crippen LogP contribution in [0, 0.1) is 0 Å². The molecule has 0 spiro atoms. The zero-order chi connectivity index (χ0) is 21.2. The van der Waals surface area contributed by atoms with Crippen molar-refractivity contribution in [2.75, 3.05) is 31.1 Å². The third-order valence-electron chi connectivity index (χ3n) is 6.66. The number of aromatic nitrogens is 1. The van der Waals surface area contributed by atoms with Crippen molar-refractivity contribution in [3.8, 4) is 0 Å². The monoisotopic (exact) mass is 416 g/mol. The number of piperazine rings is 1. The second-order valence-corrected chi connectivity index (χ2v) is 8.52. The first-order chi connectivity index (χ1) is 15.2. The Labute approximate surface area is 183 Å². The van der Waals surface area contributed by atoms with E-state index in [-0.39, 0.29) is 17.9 Å². The minimum Gasteiger partial charge on any atom is -0.363 e. The molecule has 1 aromatic carbocycles. The normalized spacial score (nSPS) is 20.7. The molecule has 31 heavy (non-hydrogen) atoms. The summed E-state index contributed by atoms with van der Waals surface area (Å²) in [5, 5.41) is 0. The Morgan fingerprint density at radius 2 is 1.42 bits per heavy atom. The van der Waals surface area contributed by atoms with Gasteiger partial charge >= 0.3 is 0 Å². The molecule has 2 fully saturated rings. The van der Waals surface area contributed by atoms with E-state index in [0.717, 1.165) is 50.2 Å². The number of hydrogen-bond acceptors (Lipinski definition) is 5. The van der Waals surface area contributed by atoms with Crippen LogP contribution >= 0.6 is 0 Å². The van der Waals surface area contributed by atoms with E-state index >= 15 is 0 Å². The van der Waals surface area contributed by atoms with Gasteiger partial charge in [0, 0.05) is 38.4 Å². The predicted octanol–water partition coefficient (Wildman–Crippen LogP) is 3.32. The smallest absolute Gasteiger partial charge is 0.278 e. The van der Waals surface area contributed by atoms with Crippen LogP contribution in [0.1, 0.15) is 37.7 Å². The molecule has 0 bridgehead atoms. The Bertz CT molecular complexity index is 975. The van der Waals surface area contributed by atoms with Crippen LogP contribution < -0.4 is 4.90 Å². The molecule has 1 aromatic heterocycles. The average Bonchev–Trinajstić information content (AvgIpc) is 3.10. The van der Waals surface area contributed by atoms with Gasteiger partial charge in [-0.1, -0.05) is 55.7 Å². The van der Waals surface area contributed by atoms with Gasteiger partial charge in [-0.15, -0.1) is 0 Å². The lowest BCUT2D eigenvalue weighted by Crippen LogP contribution is -2.49. The maximum Gasteiger partial charge on any atom is 0.278 e. The Morgan fingerprint density at radius 3 is 2.10 bits per heavy atom. The van der Waals surface area contributed by atoms with E-state index in [0.29, 0.717) is 24.4 Å². The number of carbonyl (C=O) groups excluding carboxylic acids is 2. The van der Waals surface area contributed by atoms with Crippen molar-refractivity contribution in [1.29, 1.82) is 0 Å². The molecule has 1 saturated heterocycles. The summed E-state index contributed by atoms with van der Waals surface area (Å²) in [5.74, 6) is 0.726. The molecule has 0 atom stereocenters. The quantitative estimate of drug-likeness (QED) is 0.716. The van der Waals surface area contributed by atoms with Gasteiger partial charge in [0.25, 0.3) is 11.8 Å². The summed E-state index contributed by atoms with van der Waals surface area (Å²) in [6.07, 6.45) is 6.99. The van der Waals surface area contributed by atoms with Gasteiger partial charge in [0.2, 0.25) is 0 Å². The van der Waals surface area contributed by atoms with E-state index in [1.54, 1.807) is 11.1 Å². The van der Waals surface area contributed by atoms with E-state index in [4.69, 9.17) is 0 Å². The topological polar surface area (TPSA) is 56.8 Å². The first kappa shape index (κ1) is 19.8. The standard InChI is InChI=1S/C25H28N4O2/c30-24-22(19-9-3-1-4-10-19)23(25(31)29(24)20-11-5-2-6-12-20)28-17-15-27(16-18-28)21-13-7-8-14-26-21/h1,3-4,7-10,13-14,20H,2,5-6,11-12,15-18H2. The summed E-state index contributed by atoms with van der Waals surface area (Å²) < 4.78 is 0. The van der Waals surface area contributed by atoms with Gasteiger partial charge in [0.05, 0.1) is 5.57 Å². The van der Waals surface area contributed by atoms with Crippen LogP contribution in [0.25, 0.3) is 5.57 Å². The number of pyridine rings is 1. The van der Waals surface area contributed by atoms with Crippen molar-refractivity contribution in [2.24, 2.45) is 0 Å². The fourth-order valence-corrected chi connectivity index (χ4v) is 5.06. The highest BCUT2D eigenvalue weighted by Gasteiger charge is 2.45. The molecule has 1 aliphatic carbocycles. The number of rotatable bonds is 4. The van der Waals surface area contributed by atoms with E-state index in [2.05, 4.69) is 14.8 Å². The highest BCUT2D eigenvalue weighted by Crippen LogP contribution is 2.36. The predicted molar refractivity (Wildman–Crippen MR) is 120 cm³/mol. The number of carbonyl (C=O) groups is 2. The molecule has 3 heterocycles. The fourth-order valence-electron chi connectivity index (χ4n) is 5.06. The molecule has 2 aliphatic heterocycles. The summed E-state index contributed by atoms with van der Waals surface area (Å²) in [4.78, 5) is 37.6. The molecule has 0 unspecified atom stereocenters. The van der Waals surface area contributed by atoms with Crippen LogP contribution in [-0.2, 0) is 9.59 Å². The van der Waals surface area contributed by atoms with Gasteiger partial charge in [-0.25, -0.2) is 4.98 Å². The molecule has 6 nitrogen and oxygen atoms in total. The van der Waals surface area contributed by atoms with Crippen LogP contribution in [0.3, 0.4) is 0 Å². The molecule has 0 N–H and O–H groups in total. The number of benzene rings is 1. The average molecular weight is 417 g/mol. The second kappa shape index (κ2) is 8.53. The summed E-state index contributed by atoms with van der Waals surface area (Å²) >= 11 is 0. The highest BCUT2D eigenvalue weighted by atomic mass is 16.2. The van der Waals surface area contributed by atoms with E-state index in [9.17, 15) is 9.59 Å². The Morgan fingerprint density at radius 1 is 0.742 bits per heavy atom. The molecule has 5 rings (SSSR count). The first-order valence-corrected chi connectivity index (χ1v) is 11.3. The Hall–Kier alpha value is -3.15. The van der Waals surface area contributed by atoms with Crippen molar-refractivity contribution < 1.29 is 9.59 Å².